The predicted molar refractivity (Wildman–Crippen MR) is 61.8 cm³/mol. The molecule has 0 amide bonds. The summed E-state index contributed by atoms with van der Waals surface area (Å²) in [5.74, 6) is 0. The zero-order valence-corrected chi connectivity index (χ0v) is 10.2. The quantitative estimate of drug-likeness (QED) is 0.395. The highest BCUT2D eigenvalue weighted by atomic mass is 35.5. The van der Waals surface area contributed by atoms with Gasteiger partial charge in [0.25, 0.3) is 0 Å². The van der Waals surface area contributed by atoms with Gasteiger partial charge in [0, 0.05) is 13.7 Å². The number of hydrogen-bond acceptors (Lipinski definition) is 1. The Hall–Kier alpha value is -0.0100. The maximum absolute atomic E-state index is 6.20. The number of ether oxygens (including phenoxy) is 1. The molecule has 0 heterocycles. The summed E-state index contributed by atoms with van der Waals surface area (Å²) in [7, 11) is 1.75. The Morgan fingerprint density at radius 1 is 1.57 bits per heavy atom. The minimum absolute atomic E-state index is 0.233. The molecule has 0 bridgehead atoms. The molecule has 0 spiro atoms. The lowest BCUT2D eigenvalue weighted by Gasteiger charge is -2.32. The molecule has 0 radical (unpaired) electrons. The van der Waals surface area contributed by atoms with E-state index in [9.17, 15) is 0 Å². The van der Waals surface area contributed by atoms with E-state index in [1.807, 2.05) is 0 Å². The first-order chi connectivity index (χ1) is 6.53. The lowest BCUT2D eigenvalue weighted by atomic mass is 9.76. The third-order valence-electron chi connectivity index (χ3n) is 2.72. The summed E-state index contributed by atoms with van der Waals surface area (Å²) in [6.07, 6.45) is 6.78. The summed E-state index contributed by atoms with van der Waals surface area (Å²) in [4.78, 5) is 0. The molecule has 0 saturated heterocycles. The molecule has 0 saturated carbocycles. The van der Waals surface area contributed by atoms with Crippen molar-refractivity contribution in [1.82, 2.24) is 0 Å². The Labute approximate surface area is 92.5 Å². The molecule has 82 valence electrons. The van der Waals surface area contributed by atoms with Crippen molar-refractivity contribution < 1.29 is 4.74 Å². The van der Waals surface area contributed by atoms with Crippen LogP contribution < -0.4 is 0 Å². The lowest BCUT2D eigenvalue weighted by molar-refractivity contribution is 0.193. The molecule has 0 fully saturated rings. The maximum Gasteiger partial charge on any atom is 0.0523 e. The fourth-order valence-corrected chi connectivity index (χ4v) is 2.80. The van der Waals surface area contributed by atoms with Crippen molar-refractivity contribution in [2.24, 2.45) is 5.41 Å². The highest BCUT2D eigenvalue weighted by Crippen LogP contribution is 2.38. The normalized spacial score (nSPS) is 26.0. The van der Waals surface area contributed by atoms with Gasteiger partial charge in [0.2, 0.25) is 0 Å². The van der Waals surface area contributed by atoms with Crippen LogP contribution in [0.5, 0.6) is 0 Å². The summed E-state index contributed by atoms with van der Waals surface area (Å²) in [5, 5.41) is 0.233. The second kappa shape index (κ2) is 5.18. The molecular weight excluding hydrogens is 196 g/mol. The second-order valence-corrected chi connectivity index (χ2v) is 5.54. The molecule has 1 aliphatic carbocycles. The third-order valence-corrected chi connectivity index (χ3v) is 3.00. The largest absolute Gasteiger partial charge is 0.385 e. The van der Waals surface area contributed by atoms with Gasteiger partial charge in [0.05, 0.1) is 5.38 Å². The molecule has 1 aliphatic rings. The molecule has 0 N–H and O–H groups in total. The molecule has 2 heteroatoms. The van der Waals surface area contributed by atoms with Gasteiger partial charge in [-0.1, -0.05) is 25.5 Å². The van der Waals surface area contributed by atoms with E-state index in [0.717, 1.165) is 25.9 Å². The van der Waals surface area contributed by atoms with Crippen molar-refractivity contribution >= 4 is 11.6 Å². The van der Waals surface area contributed by atoms with Crippen LogP contribution in [-0.2, 0) is 4.74 Å². The Balaban J connectivity index is 2.43. The summed E-state index contributed by atoms with van der Waals surface area (Å²) in [6.45, 7) is 5.45. The van der Waals surface area contributed by atoms with Crippen LogP contribution in [-0.4, -0.2) is 19.1 Å². The predicted octanol–water partition coefficient (Wildman–Crippen LogP) is 3.77. The first kappa shape index (κ1) is 12.1. The van der Waals surface area contributed by atoms with Crippen LogP contribution in [0.2, 0.25) is 0 Å². The molecule has 0 aliphatic heterocycles. The number of halogens is 1. The van der Waals surface area contributed by atoms with E-state index in [1.165, 1.54) is 12.0 Å². The van der Waals surface area contributed by atoms with E-state index in [0.29, 0.717) is 5.41 Å². The summed E-state index contributed by atoms with van der Waals surface area (Å²) in [6, 6.07) is 0. The second-order valence-electron chi connectivity index (χ2n) is 4.98. The molecule has 1 unspecified atom stereocenters. The Kier molecular flexibility index (Phi) is 4.46. The van der Waals surface area contributed by atoms with Gasteiger partial charge in [0.15, 0.2) is 0 Å². The van der Waals surface area contributed by atoms with Crippen molar-refractivity contribution in [3.63, 3.8) is 0 Å². The van der Waals surface area contributed by atoms with E-state index in [4.69, 9.17) is 16.3 Å². The number of allylic oxidation sites excluding steroid dienone is 2. The van der Waals surface area contributed by atoms with Gasteiger partial charge in [-0.25, -0.2) is 0 Å². The smallest absolute Gasteiger partial charge is 0.0523 e. The van der Waals surface area contributed by atoms with Gasteiger partial charge >= 0.3 is 0 Å². The van der Waals surface area contributed by atoms with Crippen LogP contribution in [0.1, 0.15) is 39.5 Å². The highest BCUT2D eigenvalue weighted by Gasteiger charge is 2.27. The molecule has 14 heavy (non-hydrogen) atoms. The van der Waals surface area contributed by atoms with Gasteiger partial charge in [-0.15, -0.1) is 11.6 Å². The van der Waals surface area contributed by atoms with Crippen LogP contribution in [0, 0.1) is 5.41 Å². The van der Waals surface area contributed by atoms with E-state index in [1.54, 1.807) is 7.11 Å². The number of alkyl halides is 1. The highest BCUT2D eigenvalue weighted by molar-refractivity contribution is 6.21. The van der Waals surface area contributed by atoms with Crippen LogP contribution >= 0.6 is 11.6 Å². The molecule has 0 aromatic heterocycles. The molecule has 1 atom stereocenters. The van der Waals surface area contributed by atoms with Crippen LogP contribution in [0.25, 0.3) is 0 Å². The zero-order chi connectivity index (χ0) is 10.6. The summed E-state index contributed by atoms with van der Waals surface area (Å²) < 4.78 is 5.05. The van der Waals surface area contributed by atoms with E-state index in [2.05, 4.69) is 19.9 Å². The molecule has 0 aromatic rings. The molecule has 1 rings (SSSR count). The molecular formula is C12H21ClO. The topological polar surface area (TPSA) is 9.23 Å². The SMILES string of the molecule is COCCCC1=CC(Cl)CC(C)(C)C1. The first-order valence-corrected chi connectivity index (χ1v) is 5.80. The van der Waals surface area contributed by atoms with Gasteiger partial charge < -0.3 is 4.74 Å². The lowest BCUT2D eigenvalue weighted by Crippen LogP contribution is -2.22. The average molecular weight is 217 g/mol. The standard InChI is InChI=1S/C12H21ClO/c1-12(2)8-10(5-4-6-14-3)7-11(13)9-12/h7,11H,4-6,8-9H2,1-3H3. The first-order valence-electron chi connectivity index (χ1n) is 5.36. The number of methoxy groups -OCH3 is 1. The van der Waals surface area contributed by atoms with Gasteiger partial charge in [-0.3, -0.25) is 0 Å². The van der Waals surface area contributed by atoms with E-state index < -0.39 is 0 Å². The fourth-order valence-electron chi connectivity index (χ4n) is 2.20. The Bertz CT molecular complexity index is 208. The van der Waals surface area contributed by atoms with Crippen molar-refractivity contribution in [3.8, 4) is 0 Å². The van der Waals surface area contributed by atoms with Crippen LogP contribution in [0.4, 0.5) is 0 Å². The van der Waals surface area contributed by atoms with Crippen molar-refractivity contribution in [1.29, 1.82) is 0 Å². The Morgan fingerprint density at radius 2 is 2.29 bits per heavy atom. The van der Waals surface area contributed by atoms with E-state index in [-0.39, 0.29) is 5.38 Å². The Morgan fingerprint density at radius 3 is 2.86 bits per heavy atom. The molecule has 1 nitrogen and oxygen atoms in total. The van der Waals surface area contributed by atoms with E-state index >= 15 is 0 Å². The zero-order valence-electron chi connectivity index (χ0n) is 9.48. The van der Waals surface area contributed by atoms with Crippen LogP contribution in [0.15, 0.2) is 11.6 Å². The molecule has 0 aromatic carbocycles. The average Bonchev–Trinajstić information content (AvgIpc) is 2.00. The maximum atomic E-state index is 6.20. The van der Waals surface area contributed by atoms with Crippen molar-refractivity contribution in [3.05, 3.63) is 11.6 Å². The minimum atomic E-state index is 0.233. The third kappa shape index (κ3) is 4.02. The van der Waals surface area contributed by atoms with Gasteiger partial charge in [0.1, 0.15) is 0 Å². The monoisotopic (exact) mass is 216 g/mol. The fraction of sp³-hybridized carbons (Fsp3) is 0.833. The van der Waals surface area contributed by atoms with Gasteiger partial charge in [-0.05, 0) is 31.1 Å². The van der Waals surface area contributed by atoms with Crippen LogP contribution in [0.3, 0.4) is 0 Å². The number of hydrogen-bond donors (Lipinski definition) is 0. The van der Waals surface area contributed by atoms with Crippen molar-refractivity contribution in [2.45, 2.75) is 44.9 Å². The number of rotatable bonds is 4. The van der Waals surface area contributed by atoms with Crippen molar-refractivity contribution in [2.75, 3.05) is 13.7 Å². The minimum Gasteiger partial charge on any atom is -0.385 e. The summed E-state index contributed by atoms with van der Waals surface area (Å²) in [5.41, 5.74) is 1.89. The van der Waals surface area contributed by atoms with Gasteiger partial charge in [-0.2, -0.15) is 0 Å². The summed E-state index contributed by atoms with van der Waals surface area (Å²) >= 11 is 6.20.